The number of H-pyrrole nitrogens is 1. The van der Waals surface area contributed by atoms with Gasteiger partial charge in [-0.15, -0.1) is 0 Å². The normalized spacial score (nSPS) is 21.3. The maximum absolute atomic E-state index is 14.9. The molecular formula is C32H30F3N5O2. The zero-order valence-electron chi connectivity index (χ0n) is 22.8. The lowest BCUT2D eigenvalue weighted by molar-refractivity contribution is -0.146. The summed E-state index contributed by atoms with van der Waals surface area (Å²) in [7, 11) is 0. The van der Waals surface area contributed by atoms with Crippen LogP contribution in [0.1, 0.15) is 43.2 Å². The first-order valence-corrected chi connectivity index (χ1v) is 14.0. The summed E-state index contributed by atoms with van der Waals surface area (Å²) in [4.78, 5) is 33.4. The first-order chi connectivity index (χ1) is 20.2. The Hall–Kier alpha value is -4.47. The summed E-state index contributed by atoms with van der Waals surface area (Å²) >= 11 is 0. The number of aromatic nitrogens is 3. The van der Waals surface area contributed by atoms with E-state index in [2.05, 4.69) is 27.1 Å². The lowest BCUT2D eigenvalue weighted by atomic mass is 9.66. The molecule has 0 spiro atoms. The maximum atomic E-state index is 14.9. The highest BCUT2D eigenvalue weighted by atomic mass is 19.3. The minimum Gasteiger partial charge on any atom is -0.327 e. The lowest BCUT2D eigenvalue weighted by Gasteiger charge is -2.42. The standard InChI is InChI=1S/C32H30F3N5O2/c1-2-20-16-22(8-9-24(20)21-6-4-3-5-7-21)31(12-14-32(34,35)15-13-31)30(42)40-19-23(33)17-27(40)29(41)38-28-11-10-25-26(37-28)18-36-39-25/h2-11,16,18,23,27H,1,12-15,17,19H2,(H,36,39)(H,37,38,41)/t23-,27-/m1/s1. The fourth-order valence-corrected chi connectivity index (χ4v) is 6.22. The van der Waals surface area contributed by atoms with Gasteiger partial charge >= 0.3 is 0 Å². The number of alkyl halides is 3. The fraction of sp³-hybridized carbons (Fsp3) is 0.312. The molecule has 1 saturated carbocycles. The summed E-state index contributed by atoms with van der Waals surface area (Å²) < 4.78 is 43.8. The van der Waals surface area contributed by atoms with E-state index in [-0.39, 0.29) is 31.6 Å². The summed E-state index contributed by atoms with van der Waals surface area (Å²) in [6.45, 7) is 3.65. The van der Waals surface area contributed by atoms with Gasteiger partial charge in [0.1, 0.15) is 23.5 Å². The molecule has 10 heteroatoms. The van der Waals surface area contributed by atoms with Gasteiger partial charge in [-0.25, -0.2) is 18.2 Å². The van der Waals surface area contributed by atoms with Crippen LogP contribution < -0.4 is 5.32 Å². The second-order valence-corrected chi connectivity index (χ2v) is 11.1. The number of benzene rings is 2. The Bertz CT molecular complexity index is 1640. The average molecular weight is 574 g/mol. The largest absolute Gasteiger partial charge is 0.327 e. The highest BCUT2D eigenvalue weighted by molar-refractivity contribution is 5.99. The van der Waals surface area contributed by atoms with E-state index in [4.69, 9.17) is 0 Å². The minimum atomic E-state index is -2.91. The third-order valence-electron chi connectivity index (χ3n) is 8.51. The molecule has 6 rings (SSSR count). The predicted octanol–water partition coefficient (Wildman–Crippen LogP) is 6.29. The van der Waals surface area contributed by atoms with E-state index in [1.165, 1.54) is 11.1 Å². The Morgan fingerprint density at radius 1 is 1.05 bits per heavy atom. The molecule has 0 radical (unpaired) electrons. The first kappa shape index (κ1) is 27.7. The summed E-state index contributed by atoms with van der Waals surface area (Å²) in [5, 5.41) is 9.39. The van der Waals surface area contributed by atoms with Crippen molar-refractivity contribution in [3.63, 3.8) is 0 Å². The van der Waals surface area contributed by atoms with Crippen LogP contribution in [-0.4, -0.2) is 56.6 Å². The molecule has 3 heterocycles. The fourth-order valence-electron chi connectivity index (χ4n) is 6.22. The van der Waals surface area contributed by atoms with Crippen molar-refractivity contribution in [2.75, 3.05) is 11.9 Å². The Labute approximate surface area is 240 Å². The van der Waals surface area contributed by atoms with Crippen LogP contribution in [0.3, 0.4) is 0 Å². The molecule has 2 amide bonds. The lowest BCUT2D eigenvalue weighted by Crippen LogP contribution is -2.54. The molecule has 2 aromatic carbocycles. The number of nitrogens with zero attached hydrogens (tertiary/aromatic N) is 3. The number of pyridine rings is 1. The van der Waals surface area contributed by atoms with Crippen LogP contribution in [-0.2, 0) is 15.0 Å². The number of anilines is 1. The number of hydrogen-bond donors (Lipinski definition) is 2. The summed E-state index contributed by atoms with van der Waals surface area (Å²) in [6, 6.07) is 17.3. The minimum absolute atomic E-state index is 0.124. The number of fused-ring (bicyclic) bond motifs is 1. The molecule has 1 aliphatic heterocycles. The average Bonchev–Trinajstić information content (AvgIpc) is 3.63. The molecule has 1 saturated heterocycles. The molecule has 1 aliphatic carbocycles. The second-order valence-electron chi connectivity index (χ2n) is 11.1. The number of hydrogen-bond acceptors (Lipinski definition) is 4. The molecule has 0 bridgehead atoms. The molecule has 2 aliphatic rings. The summed E-state index contributed by atoms with van der Waals surface area (Å²) in [5.41, 5.74) is 3.03. The molecule has 2 fully saturated rings. The highest BCUT2D eigenvalue weighted by Crippen LogP contribution is 2.48. The van der Waals surface area contributed by atoms with E-state index in [9.17, 15) is 22.8 Å². The quantitative estimate of drug-likeness (QED) is 0.284. The van der Waals surface area contributed by atoms with Crippen LogP contribution in [0.25, 0.3) is 28.2 Å². The van der Waals surface area contributed by atoms with E-state index in [1.807, 2.05) is 42.5 Å². The van der Waals surface area contributed by atoms with Crippen molar-refractivity contribution < 1.29 is 22.8 Å². The molecule has 7 nitrogen and oxygen atoms in total. The summed E-state index contributed by atoms with van der Waals surface area (Å²) in [5.74, 6) is -3.76. The predicted molar refractivity (Wildman–Crippen MR) is 155 cm³/mol. The van der Waals surface area contributed by atoms with Gasteiger partial charge in [0, 0.05) is 19.3 Å². The Morgan fingerprint density at radius 2 is 1.81 bits per heavy atom. The molecule has 42 heavy (non-hydrogen) atoms. The van der Waals surface area contributed by atoms with E-state index >= 15 is 0 Å². The van der Waals surface area contributed by atoms with Crippen LogP contribution >= 0.6 is 0 Å². The zero-order chi connectivity index (χ0) is 29.5. The van der Waals surface area contributed by atoms with Crippen LogP contribution in [0.2, 0.25) is 0 Å². The number of likely N-dealkylation sites (tertiary alicyclic amines) is 1. The van der Waals surface area contributed by atoms with Crippen LogP contribution in [0.5, 0.6) is 0 Å². The molecule has 2 N–H and O–H groups in total. The number of amides is 2. The van der Waals surface area contributed by atoms with Gasteiger partial charge in [-0.3, -0.25) is 14.7 Å². The molecule has 4 aromatic rings. The Morgan fingerprint density at radius 3 is 2.55 bits per heavy atom. The van der Waals surface area contributed by atoms with Crippen molar-refractivity contribution in [1.29, 1.82) is 0 Å². The van der Waals surface area contributed by atoms with Crippen molar-refractivity contribution >= 4 is 34.7 Å². The number of aromatic amines is 1. The van der Waals surface area contributed by atoms with Crippen LogP contribution in [0.15, 0.2) is 73.4 Å². The van der Waals surface area contributed by atoms with Crippen molar-refractivity contribution in [2.45, 2.75) is 55.7 Å². The molecule has 2 atom stereocenters. The SMILES string of the molecule is C=Cc1cc(C2(C(=O)N3C[C@H](F)C[C@@H]3C(=O)Nc3ccc4[nH]ncc4n3)CCC(F)(F)CC2)ccc1-c1ccccc1. The van der Waals surface area contributed by atoms with Gasteiger partial charge in [-0.2, -0.15) is 5.10 Å². The number of rotatable bonds is 6. The number of nitrogens with one attached hydrogen (secondary N) is 2. The van der Waals surface area contributed by atoms with Gasteiger partial charge in [0.05, 0.1) is 23.7 Å². The van der Waals surface area contributed by atoms with Crippen molar-refractivity contribution in [3.05, 3.63) is 84.6 Å². The van der Waals surface area contributed by atoms with Crippen molar-refractivity contribution in [1.82, 2.24) is 20.1 Å². The Balaban J connectivity index is 1.34. The number of halogens is 3. The van der Waals surface area contributed by atoms with Crippen LogP contribution in [0.4, 0.5) is 19.0 Å². The Kier molecular flexibility index (Phi) is 7.08. The highest BCUT2D eigenvalue weighted by Gasteiger charge is 2.53. The smallest absolute Gasteiger partial charge is 0.248 e. The van der Waals surface area contributed by atoms with Crippen molar-refractivity contribution in [2.24, 2.45) is 0 Å². The third kappa shape index (κ3) is 5.06. The van der Waals surface area contributed by atoms with Gasteiger partial charge in [0.2, 0.25) is 17.7 Å². The van der Waals surface area contributed by atoms with E-state index in [0.717, 1.165) is 16.7 Å². The van der Waals surface area contributed by atoms with Gasteiger partial charge in [-0.1, -0.05) is 61.2 Å². The molecule has 216 valence electrons. The van der Waals surface area contributed by atoms with E-state index in [0.29, 0.717) is 16.6 Å². The number of carbonyl (C=O) groups is 2. The molecule has 2 aromatic heterocycles. The first-order valence-electron chi connectivity index (χ1n) is 14.0. The topological polar surface area (TPSA) is 91.0 Å². The monoisotopic (exact) mass is 573 g/mol. The second kappa shape index (κ2) is 10.7. The molecular weight excluding hydrogens is 543 g/mol. The maximum Gasteiger partial charge on any atom is 0.248 e. The van der Waals surface area contributed by atoms with Crippen LogP contribution in [0, 0.1) is 0 Å². The zero-order valence-corrected chi connectivity index (χ0v) is 22.8. The van der Waals surface area contributed by atoms with Crippen molar-refractivity contribution in [3.8, 4) is 11.1 Å². The van der Waals surface area contributed by atoms with Gasteiger partial charge in [0.15, 0.2) is 0 Å². The van der Waals surface area contributed by atoms with Gasteiger partial charge in [0.25, 0.3) is 0 Å². The van der Waals surface area contributed by atoms with E-state index < -0.39 is 48.2 Å². The summed E-state index contributed by atoms with van der Waals surface area (Å²) in [6.07, 6.45) is 0.345. The molecule has 0 unspecified atom stereocenters. The van der Waals surface area contributed by atoms with Gasteiger partial charge < -0.3 is 10.2 Å². The van der Waals surface area contributed by atoms with Gasteiger partial charge in [-0.05, 0) is 47.2 Å². The third-order valence-corrected chi connectivity index (χ3v) is 8.51. The number of carbonyl (C=O) groups excluding carboxylic acids is 2. The van der Waals surface area contributed by atoms with E-state index in [1.54, 1.807) is 24.3 Å².